The highest BCUT2D eigenvalue weighted by Crippen LogP contribution is 2.29. The van der Waals surface area contributed by atoms with E-state index in [2.05, 4.69) is 34.0 Å². The van der Waals surface area contributed by atoms with Gasteiger partial charge in [0.2, 0.25) is 5.91 Å². The van der Waals surface area contributed by atoms with Gasteiger partial charge in [-0.2, -0.15) is 5.10 Å². The summed E-state index contributed by atoms with van der Waals surface area (Å²) < 4.78 is 3.35. The zero-order valence-corrected chi connectivity index (χ0v) is 17.7. The van der Waals surface area contributed by atoms with E-state index in [1.54, 1.807) is 6.20 Å². The van der Waals surface area contributed by atoms with Crippen LogP contribution in [0.4, 0.5) is 0 Å². The number of aryl methyl sites for hydroxylation is 2. The summed E-state index contributed by atoms with van der Waals surface area (Å²) in [6, 6.07) is 16.2. The number of carbonyl (C=O) groups is 1. The van der Waals surface area contributed by atoms with Gasteiger partial charge in [-0.05, 0) is 42.9 Å². The molecule has 5 rings (SSSR count). The van der Waals surface area contributed by atoms with Gasteiger partial charge in [-0.15, -0.1) is 0 Å². The van der Waals surface area contributed by atoms with Gasteiger partial charge in [0.25, 0.3) is 5.56 Å². The van der Waals surface area contributed by atoms with Gasteiger partial charge in [-0.3, -0.25) is 9.59 Å². The van der Waals surface area contributed by atoms with Crippen LogP contribution in [0.15, 0.2) is 59.5 Å². The average Bonchev–Trinajstić information content (AvgIpc) is 3.11. The number of para-hydroxylation sites is 1. The maximum atomic E-state index is 13.3. The van der Waals surface area contributed by atoms with Gasteiger partial charge in [-0.1, -0.05) is 49.4 Å². The molecule has 6 heteroatoms. The molecule has 0 radical (unpaired) electrons. The predicted octanol–water partition coefficient (Wildman–Crippen LogP) is 3.96. The van der Waals surface area contributed by atoms with Crippen molar-refractivity contribution in [1.82, 2.24) is 19.7 Å². The second-order valence-electron chi connectivity index (χ2n) is 8.25. The van der Waals surface area contributed by atoms with Gasteiger partial charge in [0.05, 0.1) is 12.2 Å². The molecule has 158 valence electrons. The predicted molar refractivity (Wildman–Crippen MR) is 122 cm³/mol. The Kier molecular flexibility index (Phi) is 5.06. The third kappa shape index (κ3) is 3.42. The number of benzene rings is 2. The molecule has 2 heterocycles. The van der Waals surface area contributed by atoms with Crippen LogP contribution in [0.3, 0.4) is 0 Å². The summed E-state index contributed by atoms with van der Waals surface area (Å²) in [5.74, 6) is -0.186. The van der Waals surface area contributed by atoms with E-state index in [-0.39, 0.29) is 24.1 Å². The van der Waals surface area contributed by atoms with Crippen molar-refractivity contribution in [2.24, 2.45) is 0 Å². The fourth-order valence-electron chi connectivity index (χ4n) is 4.84. The minimum absolute atomic E-state index is 0.0107. The van der Waals surface area contributed by atoms with Crippen molar-refractivity contribution in [3.05, 3.63) is 76.2 Å². The third-order valence-electron chi connectivity index (χ3n) is 6.22. The molecule has 1 aliphatic carbocycles. The van der Waals surface area contributed by atoms with Crippen molar-refractivity contribution in [2.45, 2.75) is 51.7 Å². The summed E-state index contributed by atoms with van der Waals surface area (Å²) in [5.41, 5.74) is 3.90. The van der Waals surface area contributed by atoms with Gasteiger partial charge >= 0.3 is 0 Å². The number of fused-ring (bicyclic) bond motifs is 4. The zero-order chi connectivity index (χ0) is 21.4. The maximum absolute atomic E-state index is 13.3. The second-order valence-corrected chi connectivity index (χ2v) is 8.25. The number of aromatic nitrogens is 3. The Morgan fingerprint density at radius 2 is 1.94 bits per heavy atom. The Bertz CT molecular complexity index is 1330. The molecule has 4 aromatic rings. The zero-order valence-electron chi connectivity index (χ0n) is 17.7. The molecule has 0 saturated carbocycles. The molecule has 31 heavy (non-hydrogen) atoms. The van der Waals surface area contributed by atoms with E-state index in [1.807, 2.05) is 36.4 Å². The Balaban J connectivity index is 1.47. The smallest absolute Gasteiger partial charge is 0.291 e. The van der Waals surface area contributed by atoms with Gasteiger partial charge in [-0.25, -0.2) is 4.68 Å². The molecule has 1 unspecified atom stereocenters. The largest absolute Gasteiger partial charge is 0.348 e. The summed E-state index contributed by atoms with van der Waals surface area (Å²) in [4.78, 5) is 26.2. The Morgan fingerprint density at radius 1 is 1.13 bits per heavy atom. The molecule has 2 aromatic heterocycles. The summed E-state index contributed by atoms with van der Waals surface area (Å²) in [6.07, 6.45) is 5.63. The molecule has 0 aliphatic heterocycles. The SMILES string of the molecule is CCCn1c2ccccc2c2cnn(CC(=O)NC3CCCc4ccccc43)c(=O)c21. The van der Waals surface area contributed by atoms with Crippen molar-refractivity contribution in [2.75, 3.05) is 0 Å². The monoisotopic (exact) mass is 414 g/mol. The average molecular weight is 415 g/mol. The first-order valence-corrected chi connectivity index (χ1v) is 11.0. The molecule has 0 saturated heterocycles. The van der Waals surface area contributed by atoms with E-state index in [1.165, 1.54) is 15.8 Å². The van der Waals surface area contributed by atoms with Crippen LogP contribution in [-0.4, -0.2) is 20.3 Å². The van der Waals surface area contributed by atoms with Crippen LogP contribution in [-0.2, 0) is 24.3 Å². The molecular formula is C25H26N4O2. The molecule has 2 aromatic carbocycles. The molecule has 1 N–H and O–H groups in total. The van der Waals surface area contributed by atoms with Crippen LogP contribution in [0.5, 0.6) is 0 Å². The van der Waals surface area contributed by atoms with Crippen LogP contribution in [0.2, 0.25) is 0 Å². The summed E-state index contributed by atoms with van der Waals surface area (Å²) in [5, 5.41) is 9.32. The standard InChI is InChI=1S/C25H26N4O2/c1-2-14-28-22-13-6-5-11-19(22)20-15-26-29(25(31)24(20)28)16-23(30)27-21-12-7-9-17-8-3-4-10-18(17)21/h3-6,8,10-11,13,15,21H,2,7,9,12,14,16H2,1H3,(H,27,30). The fourth-order valence-corrected chi connectivity index (χ4v) is 4.84. The molecule has 0 fully saturated rings. The van der Waals surface area contributed by atoms with Crippen LogP contribution < -0.4 is 10.9 Å². The van der Waals surface area contributed by atoms with Crippen molar-refractivity contribution in [3.63, 3.8) is 0 Å². The Hall–Kier alpha value is -3.41. The van der Waals surface area contributed by atoms with Crippen molar-refractivity contribution in [1.29, 1.82) is 0 Å². The van der Waals surface area contributed by atoms with Crippen molar-refractivity contribution < 1.29 is 4.79 Å². The molecular weight excluding hydrogens is 388 g/mol. The molecule has 6 nitrogen and oxygen atoms in total. The fraction of sp³-hybridized carbons (Fsp3) is 0.320. The highest BCUT2D eigenvalue weighted by atomic mass is 16.2. The highest BCUT2D eigenvalue weighted by molar-refractivity contribution is 6.07. The number of rotatable bonds is 5. The number of hydrogen-bond acceptors (Lipinski definition) is 3. The normalized spacial score (nSPS) is 15.8. The van der Waals surface area contributed by atoms with E-state index in [4.69, 9.17) is 0 Å². The molecule has 1 atom stereocenters. The quantitative estimate of drug-likeness (QED) is 0.538. The van der Waals surface area contributed by atoms with Gasteiger partial charge in [0.15, 0.2) is 0 Å². The molecule has 0 spiro atoms. The number of amides is 1. The van der Waals surface area contributed by atoms with Gasteiger partial charge in [0.1, 0.15) is 12.1 Å². The summed E-state index contributed by atoms with van der Waals surface area (Å²) in [6.45, 7) is 2.76. The molecule has 1 aliphatic rings. The van der Waals surface area contributed by atoms with E-state index in [0.29, 0.717) is 5.52 Å². The molecule has 0 bridgehead atoms. The lowest BCUT2D eigenvalue weighted by Crippen LogP contribution is -2.37. The van der Waals surface area contributed by atoms with Crippen LogP contribution in [0.25, 0.3) is 21.8 Å². The molecule has 1 amide bonds. The van der Waals surface area contributed by atoms with Crippen LogP contribution >= 0.6 is 0 Å². The number of nitrogens with one attached hydrogen (secondary N) is 1. The highest BCUT2D eigenvalue weighted by Gasteiger charge is 2.22. The first-order chi connectivity index (χ1) is 15.2. The van der Waals surface area contributed by atoms with Crippen LogP contribution in [0.1, 0.15) is 43.4 Å². The van der Waals surface area contributed by atoms with E-state index in [9.17, 15) is 9.59 Å². The lowest BCUT2D eigenvalue weighted by Gasteiger charge is -2.26. The number of nitrogens with zero attached hydrogens (tertiary/aromatic N) is 3. The lowest BCUT2D eigenvalue weighted by atomic mass is 9.88. The third-order valence-corrected chi connectivity index (χ3v) is 6.22. The van der Waals surface area contributed by atoms with Crippen molar-refractivity contribution in [3.8, 4) is 0 Å². The Morgan fingerprint density at radius 3 is 2.81 bits per heavy atom. The number of hydrogen-bond donors (Lipinski definition) is 1. The van der Waals surface area contributed by atoms with Gasteiger partial charge in [0, 0.05) is 22.8 Å². The first-order valence-electron chi connectivity index (χ1n) is 11.0. The topological polar surface area (TPSA) is 68.9 Å². The van der Waals surface area contributed by atoms with E-state index >= 15 is 0 Å². The van der Waals surface area contributed by atoms with E-state index in [0.717, 1.165) is 48.5 Å². The first kappa shape index (κ1) is 19.5. The minimum Gasteiger partial charge on any atom is -0.348 e. The van der Waals surface area contributed by atoms with Crippen LogP contribution in [0, 0.1) is 0 Å². The Labute approximate surface area is 180 Å². The summed E-state index contributed by atoms with van der Waals surface area (Å²) in [7, 11) is 0. The minimum atomic E-state index is -0.221. The lowest BCUT2D eigenvalue weighted by molar-refractivity contribution is -0.122. The van der Waals surface area contributed by atoms with E-state index < -0.39 is 0 Å². The number of carbonyl (C=O) groups excluding carboxylic acids is 1. The maximum Gasteiger partial charge on any atom is 0.291 e. The van der Waals surface area contributed by atoms with Crippen molar-refractivity contribution >= 4 is 27.7 Å². The second kappa shape index (κ2) is 8.02. The van der Waals surface area contributed by atoms with Gasteiger partial charge < -0.3 is 9.88 Å². The summed E-state index contributed by atoms with van der Waals surface area (Å²) >= 11 is 0.